The summed E-state index contributed by atoms with van der Waals surface area (Å²) >= 11 is 0. The smallest absolute Gasteiger partial charge is 0.0702 e. The molecule has 1 aliphatic heterocycles. The summed E-state index contributed by atoms with van der Waals surface area (Å²) in [7, 11) is 0. The van der Waals surface area contributed by atoms with Crippen molar-refractivity contribution in [3.63, 3.8) is 0 Å². The zero-order valence-electron chi connectivity index (χ0n) is 12.3. The molecule has 3 rings (SSSR count). The zero-order chi connectivity index (χ0) is 14.1. The van der Waals surface area contributed by atoms with Gasteiger partial charge in [-0.2, -0.15) is 0 Å². The van der Waals surface area contributed by atoms with Gasteiger partial charge in [-0.3, -0.25) is 9.88 Å². The predicted octanol–water partition coefficient (Wildman–Crippen LogP) is 2.82. The van der Waals surface area contributed by atoms with Crippen LogP contribution < -0.4 is 5.73 Å². The van der Waals surface area contributed by atoms with E-state index in [-0.39, 0.29) is 0 Å². The van der Waals surface area contributed by atoms with Crippen molar-refractivity contribution in [1.29, 1.82) is 0 Å². The third-order valence-corrected chi connectivity index (χ3v) is 4.69. The van der Waals surface area contributed by atoms with Gasteiger partial charge in [-0.15, -0.1) is 0 Å². The standard InChI is InChI=1S/C17H23N3/c1-12-10-20(11-13(12)2)17(9-18)15-5-6-16-14(8-15)4-3-7-19-16/h3-8,12-13,17H,9-11,18H2,1-2H3. The Morgan fingerprint density at radius 2 is 2.00 bits per heavy atom. The quantitative estimate of drug-likeness (QED) is 0.931. The van der Waals surface area contributed by atoms with Gasteiger partial charge in [-0.25, -0.2) is 0 Å². The van der Waals surface area contributed by atoms with Gasteiger partial charge in [0, 0.05) is 37.3 Å². The number of likely N-dealkylation sites (tertiary alicyclic amines) is 1. The average Bonchev–Trinajstić information content (AvgIpc) is 2.79. The second-order valence-electron chi connectivity index (χ2n) is 6.12. The molecule has 2 N–H and O–H groups in total. The highest BCUT2D eigenvalue weighted by atomic mass is 15.2. The van der Waals surface area contributed by atoms with E-state index in [9.17, 15) is 0 Å². The first-order valence-electron chi connectivity index (χ1n) is 7.48. The summed E-state index contributed by atoms with van der Waals surface area (Å²) in [5, 5.41) is 1.20. The minimum absolute atomic E-state index is 0.326. The number of nitrogens with zero attached hydrogens (tertiary/aromatic N) is 2. The molecule has 0 amide bonds. The third kappa shape index (κ3) is 2.43. The van der Waals surface area contributed by atoms with Crippen LogP contribution in [0.25, 0.3) is 10.9 Å². The average molecular weight is 269 g/mol. The molecule has 1 fully saturated rings. The normalized spacial score (nSPS) is 25.1. The molecule has 0 radical (unpaired) electrons. The highest BCUT2D eigenvalue weighted by molar-refractivity contribution is 5.79. The van der Waals surface area contributed by atoms with Gasteiger partial charge in [0.25, 0.3) is 0 Å². The van der Waals surface area contributed by atoms with Gasteiger partial charge in [0.1, 0.15) is 0 Å². The van der Waals surface area contributed by atoms with Crippen molar-refractivity contribution in [3.05, 3.63) is 42.1 Å². The molecule has 20 heavy (non-hydrogen) atoms. The monoisotopic (exact) mass is 269 g/mol. The Kier molecular flexibility index (Phi) is 3.72. The van der Waals surface area contributed by atoms with Crippen molar-refractivity contribution in [3.8, 4) is 0 Å². The third-order valence-electron chi connectivity index (χ3n) is 4.69. The SMILES string of the molecule is CC1CN(C(CN)c2ccc3ncccc3c2)CC1C. The van der Waals surface area contributed by atoms with Crippen molar-refractivity contribution < 1.29 is 0 Å². The molecule has 3 unspecified atom stereocenters. The summed E-state index contributed by atoms with van der Waals surface area (Å²) in [6, 6.07) is 11.0. The van der Waals surface area contributed by atoms with E-state index in [4.69, 9.17) is 5.73 Å². The lowest BCUT2D eigenvalue weighted by Crippen LogP contribution is -2.32. The van der Waals surface area contributed by atoms with Crippen LogP contribution in [-0.2, 0) is 0 Å². The van der Waals surface area contributed by atoms with Gasteiger partial charge in [-0.05, 0) is 35.6 Å². The first-order valence-corrected chi connectivity index (χ1v) is 7.48. The van der Waals surface area contributed by atoms with Crippen LogP contribution >= 0.6 is 0 Å². The summed E-state index contributed by atoms with van der Waals surface area (Å²) in [5.41, 5.74) is 8.43. The number of fused-ring (bicyclic) bond motifs is 1. The second kappa shape index (κ2) is 5.51. The fraction of sp³-hybridized carbons (Fsp3) is 0.471. The number of hydrogen-bond donors (Lipinski definition) is 1. The molecule has 1 aromatic heterocycles. The van der Waals surface area contributed by atoms with E-state index in [1.54, 1.807) is 0 Å². The molecule has 2 heterocycles. The summed E-state index contributed by atoms with van der Waals surface area (Å²) in [6.07, 6.45) is 1.84. The van der Waals surface area contributed by atoms with Gasteiger partial charge < -0.3 is 5.73 Å². The molecule has 0 aliphatic carbocycles. The van der Waals surface area contributed by atoms with Crippen LogP contribution in [0.4, 0.5) is 0 Å². The topological polar surface area (TPSA) is 42.1 Å². The molecular formula is C17H23N3. The Morgan fingerprint density at radius 1 is 1.25 bits per heavy atom. The van der Waals surface area contributed by atoms with E-state index in [1.807, 2.05) is 12.3 Å². The first-order chi connectivity index (χ1) is 9.69. The van der Waals surface area contributed by atoms with Crippen LogP contribution in [0.1, 0.15) is 25.5 Å². The molecule has 1 aromatic carbocycles. The first kappa shape index (κ1) is 13.5. The van der Waals surface area contributed by atoms with Crippen LogP contribution in [0.2, 0.25) is 0 Å². The molecule has 1 aliphatic rings. The maximum Gasteiger partial charge on any atom is 0.0702 e. The molecule has 1 saturated heterocycles. The van der Waals surface area contributed by atoms with Gasteiger partial charge in [0.05, 0.1) is 5.52 Å². The van der Waals surface area contributed by atoms with Gasteiger partial charge >= 0.3 is 0 Å². The minimum Gasteiger partial charge on any atom is -0.329 e. The van der Waals surface area contributed by atoms with Crippen molar-refractivity contribution in [2.45, 2.75) is 19.9 Å². The summed E-state index contributed by atoms with van der Waals surface area (Å²) in [5.74, 6) is 1.51. The van der Waals surface area contributed by atoms with E-state index in [1.165, 1.54) is 10.9 Å². The Balaban J connectivity index is 1.91. The van der Waals surface area contributed by atoms with E-state index < -0.39 is 0 Å². The molecule has 2 aromatic rings. The summed E-state index contributed by atoms with van der Waals surface area (Å²) in [4.78, 5) is 6.92. The Bertz CT molecular complexity index is 586. The molecule has 3 atom stereocenters. The lowest BCUT2D eigenvalue weighted by atomic mass is 10.0. The van der Waals surface area contributed by atoms with Crippen molar-refractivity contribution in [2.24, 2.45) is 17.6 Å². The van der Waals surface area contributed by atoms with E-state index in [0.717, 1.165) is 30.4 Å². The summed E-state index contributed by atoms with van der Waals surface area (Å²) in [6.45, 7) is 7.64. The van der Waals surface area contributed by atoms with Crippen molar-refractivity contribution >= 4 is 10.9 Å². The van der Waals surface area contributed by atoms with Crippen molar-refractivity contribution in [1.82, 2.24) is 9.88 Å². The number of pyridine rings is 1. The molecule has 0 saturated carbocycles. The molecule has 0 bridgehead atoms. The molecule has 3 heteroatoms. The highest BCUT2D eigenvalue weighted by Gasteiger charge is 2.31. The molecular weight excluding hydrogens is 246 g/mol. The predicted molar refractivity (Wildman–Crippen MR) is 83.4 cm³/mol. The Hall–Kier alpha value is -1.45. The van der Waals surface area contributed by atoms with E-state index >= 15 is 0 Å². The number of benzene rings is 1. The Morgan fingerprint density at radius 3 is 2.70 bits per heavy atom. The number of hydrogen-bond acceptors (Lipinski definition) is 3. The van der Waals surface area contributed by atoms with E-state index in [0.29, 0.717) is 12.6 Å². The van der Waals surface area contributed by atoms with Crippen LogP contribution in [0.15, 0.2) is 36.5 Å². The lowest BCUT2D eigenvalue weighted by Gasteiger charge is -2.27. The van der Waals surface area contributed by atoms with Gasteiger partial charge in [-0.1, -0.05) is 26.0 Å². The fourth-order valence-electron chi connectivity index (χ4n) is 3.23. The highest BCUT2D eigenvalue weighted by Crippen LogP contribution is 2.31. The van der Waals surface area contributed by atoms with Crippen LogP contribution in [-0.4, -0.2) is 29.5 Å². The van der Waals surface area contributed by atoms with Gasteiger partial charge in [0.15, 0.2) is 0 Å². The number of rotatable bonds is 3. The fourth-order valence-corrected chi connectivity index (χ4v) is 3.23. The van der Waals surface area contributed by atoms with Gasteiger partial charge in [0.2, 0.25) is 0 Å². The second-order valence-corrected chi connectivity index (χ2v) is 6.12. The maximum absolute atomic E-state index is 6.06. The zero-order valence-corrected chi connectivity index (χ0v) is 12.3. The van der Waals surface area contributed by atoms with Crippen LogP contribution in [0, 0.1) is 11.8 Å². The number of aromatic nitrogens is 1. The van der Waals surface area contributed by atoms with E-state index in [2.05, 4.69) is 48.0 Å². The lowest BCUT2D eigenvalue weighted by molar-refractivity contribution is 0.240. The molecule has 0 spiro atoms. The summed E-state index contributed by atoms with van der Waals surface area (Å²) < 4.78 is 0. The van der Waals surface area contributed by atoms with Crippen LogP contribution in [0.3, 0.4) is 0 Å². The largest absolute Gasteiger partial charge is 0.329 e. The molecule has 3 nitrogen and oxygen atoms in total. The molecule has 106 valence electrons. The van der Waals surface area contributed by atoms with Crippen LogP contribution in [0.5, 0.6) is 0 Å². The van der Waals surface area contributed by atoms with Crippen molar-refractivity contribution in [2.75, 3.05) is 19.6 Å². The Labute approximate surface area is 120 Å². The maximum atomic E-state index is 6.06. The minimum atomic E-state index is 0.326. The number of nitrogens with two attached hydrogens (primary N) is 1.